The molecule has 0 radical (unpaired) electrons. The van der Waals surface area contributed by atoms with Crippen molar-refractivity contribution in [1.29, 1.82) is 0 Å². The molecular weight excluding hydrogens is 453 g/mol. The molecule has 176 valence electrons. The number of likely N-dealkylation sites (N-methyl/N-ethyl adjacent to an activating group) is 1. The Labute approximate surface area is 206 Å². The summed E-state index contributed by atoms with van der Waals surface area (Å²) in [4.78, 5) is 0. The molecule has 1 fully saturated rings. The number of nitrogens with zero attached hydrogens (tertiary/aromatic N) is 1. The van der Waals surface area contributed by atoms with Gasteiger partial charge in [0.15, 0.2) is 0 Å². The Balaban J connectivity index is 1.59. The molecule has 4 aromatic rings. The Hall–Kier alpha value is -3.43. The van der Waals surface area contributed by atoms with Crippen LogP contribution in [0.25, 0.3) is 11.5 Å². The van der Waals surface area contributed by atoms with E-state index in [1.165, 1.54) is 0 Å². The Morgan fingerprint density at radius 2 is 1.03 bits per heavy atom. The number of rotatable bonds is 4. The number of hydrogen-bond donors (Lipinski definition) is 0. The number of hydrogen-bond acceptors (Lipinski definition) is 4. The van der Waals surface area contributed by atoms with E-state index < -0.39 is 7.43 Å². The van der Waals surface area contributed by atoms with Crippen molar-refractivity contribution in [2.24, 2.45) is 0 Å². The van der Waals surface area contributed by atoms with Crippen LogP contribution in [0.2, 0.25) is 0 Å². The zero-order chi connectivity index (χ0) is 23.9. The zero-order valence-corrected chi connectivity index (χ0v) is 20.7. The molecule has 2 aliphatic rings. The summed E-state index contributed by atoms with van der Waals surface area (Å²) in [7, 11) is -1.99. The SMILES string of the molecule is C[C@H]1[C@@H](c2ccccc2)OP2(c3ccccc3)(OC(c3ccccc3)=C(c3ccccc3)O2)N1C. The average molecular weight is 482 g/mol. The van der Waals surface area contributed by atoms with Crippen molar-refractivity contribution < 1.29 is 13.6 Å². The third kappa shape index (κ3) is 3.33. The molecule has 0 bridgehead atoms. The monoisotopic (exact) mass is 481 g/mol. The Bertz CT molecular complexity index is 1310. The van der Waals surface area contributed by atoms with Crippen LogP contribution >= 0.6 is 7.43 Å². The average Bonchev–Trinajstić information content (AvgIpc) is 3.41. The quantitative estimate of drug-likeness (QED) is 0.289. The van der Waals surface area contributed by atoms with E-state index in [-0.39, 0.29) is 12.1 Å². The first-order valence-electron chi connectivity index (χ1n) is 11.9. The topological polar surface area (TPSA) is 30.9 Å². The first kappa shape index (κ1) is 22.1. The van der Waals surface area contributed by atoms with Crippen LogP contribution in [0.3, 0.4) is 0 Å². The molecule has 6 rings (SSSR count). The molecule has 0 aliphatic carbocycles. The first-order valence-corrected chi connectivity index (χ1v) is 13.9. The van der Waals surface area contributed by atoms with E-state index in [0.717, 1.165) is 22.0 Å². The first-order chi connectivity index (χ1) is 17.1. The molecule has 0 amide bonds. The second-order valence-electron chi connectivity index (χ2n) is 9.00. The molecule has 4 nitrogen and oxygen atoms in total. The Morgan fingerprint density at radius 1 is 0.600 bits per heavy atom. The van der Waals surface area contributed by atoms with Gasteiger partial charge in [-0.2, -0.15) is 0 Å². The van der Waals surface area contributed by atoms with Crippen molar-refractivity contribution >= 4 is 24.3 Å². The van der Waals surface area contributed by atoms with Crippen molar-refractivity contribution in [2.45, 2.75) is 19.1 Å². The van der Waals surface area contributed by atoms with E-state index in [2.05, 4.69) is 67.2 Å². The van der Waals surface area contributed by atoms with Gasteiger partial charge in [0.2, 0.25) is 0 Å². The molecule has 35 heavy (non-hydrogen) atoms. The van der Waals surface area contributed by atoms with Crippen LogP contribution in [0.5, 0.6) is 0 Å². The fraction of sp³-hybridized carbons (Fsp3) is 0.133. The van der Waals surface area contributed by atoms with E-state index in [9.17, 15) is 0 Å². The van der Waals surface area contributed by atoms with E-state index in [1.807, 2.05) is 72.8 Å². The fourth-order valence-electron chi connectivity index (χ4n) is 5.02. The van der Waals surface area contributed by atoms with E-state index in [0.29, 0.717) is 11.5 Å². The van der Waals surface area contributed by atoms with Crippen LogP contribution in [0.15, 0.2) is 121 Å². The molecule has 2 heterocycles. The molecule has 1 spiro atoms. The molecule has 2 atom stereocenters. The second kappa shape index (κ2) is 8.35. The third-order valence-corrected chi connectivity index (χ3v) is 11.2. The molecular formula is C30H28NO3P. The van der Waals surface area contributed by atoms with Crippen molar-refractivity contribution in [1.82, 2.24) is 4.67 Å². The van der Waals surface area contributed by atoms with E-state index in [4.69, 9.17) is 13.6 Å². The molecule has 0 aromatic heterocycles. The molecule has 0 N–H and O–H groups in total. The van der Waals surface area contributed by atoms with Gasteiger partial charge in [0.1, 0.15) is 0 Å². The maximum absolute atomic E-state index is 7.17. The zero-order valence-electron chi connectivity index (χ0n) is 19.8. The van der Waals surface area contributed by atoms with Gasteiger partial charge in [-0.05, 0) is 0 Å². The predicted molar refractivity (Wildman–Crippen MR) is 142 cm³/mol. The number of benzene rings is 4. The van der Waals surface area contributed by atoms with Crippen LogP contribution < -0.4 is 5.30 Å². The van der Waals surface area contributed by atoms with Crippen LogP contribution in [-0.2, 0) is 13.6 Å². The van der Waals surface area contributed by atoms with Crippen molar-refractivity contribution in [2.75, 3.05) is 7.05 Å². The Kier molecular flexibility index (Phi) is 5.26. The van der Waals surface area contributed by atoms with Crippen molar-refractivity contribution in [3.63, 3.8) is 0 Å². The summed E-state index contributed by atoms with van der Waals surface area (Å²) in [6.45, 7) is 2.18. The molecule has 5 heteroatoms. The minimum absolute atomic E-state index is 0.0161. The van der Waals surface area contributed by atoms with E-state index >= 15 is 0 Å². The van der Waals surface area contributed by atoms with Gasteiger partial charge in [-0.1, -0.05) is 0 Å². The minimum atomic E-state index is -4.06. The van der Waals surface area contributed by atoms with Gasteiger partial charge in [0, 0.05) is 0 Å². The summed E-state index contributed by atoms with van der Waals surface area (Å²) in [6, 6.07) is 40.8. The summed E-state index contributed by atoms with van der Waals surface area (Å²) in [5.74, 6) is 1.40. The molecule has 0 unspecified atom stereocenters. The molecule has 1 saturated heterocycles. The second-order valence-corrected chi connectivity index (χ2v) is 12.4. The van der Waals surface area contributed by atoms with Gasteiger partial charge in [-0.25, -0.2) is 0 Å². The molecule has 2 aliphatic heterocycles. The summed E-state index contributed by atoms with van der Waals surface area (Å²) in [5.41, 5.74) is 3.01. The summed E-state index contributed by atoms with van der Waals surface area (Å²) in [6.07, 6.45) is -0.216. The van der Waals surface area contributed by atoms with Crippen LogP contribution in [-0.4, -0.2) is 17.8 Å². The summed E-state index contributed by atoms with van der Waals surface area (Å²) < 4.78 is 23.7. The fourth-order valence-corrected chi connectivity index (χ4v) is 9.39. The van der Waals surface area contributed by atoms with Crippen molar-refractivity contribution in [3.05, 3.63) is 138 Å². The molecule has 4 aromatic carbocycles. The van der Waals surface area contributed by atoms with Crippen LogP contribution in [0.4, 0.5) is 0 Å². The maximum atomic E-state index is 7.17. The van der Waals surface area contributed by atoms with Gasteiger partial charge in [0.05, 0.1) is 0 Å². The van der Waals surface area contributed by atoms with Gasteiger partial charge in [-0.15, -0.1) is 0 Å². The van der Waals surface area contributed by atoms with Gasteiger partial charge >= 0.3 is 207 Å². The van der Waals surface area contributed by atoms with Gasteiger partial charge in [0.25, 0.3) is 0 Å². The molecule has 0 saturated carbocycles. The summed E-state index contributed by atoms with van der Waals surface area (Å²) in [5, 5.41) is 0.908. The summed E-state index contributed by atoms with van der Waals surface area (Å²) >= 11 is 0. The van der Waals surface area contributed by atoms with Gasteiger partial charge in [-0.3, -0.25) is 0 Å². The third-order valence-electron chi connectivity index (χ3n) is 6.97. The van der Waals surface area contributed by atoms with Crippen molar-refractivity contribution in [3.8, 4) is 0 Å². The standard InChI is InChI=1S/C30H28NO3P/c1-23-28(24-15-7-3-8-16-24)32-35(31(23)2,27-21-13-6-14-22-27)33-29(25-17-9-4-10-18-25)30(34-35)26-19-11-5-12-20-26/h3-23,28H,1-2H3/t23-,28-/m0/s1. The Morgan fingerprint density at radius 3 is 1.51 bits per heavy atom. The normalized spacial score (nSPS) is 23.9. The van der Waals surface area contributed by atoms with Gasteiger partial charge < -0.3 is 0 Å². The van der Waals surface area contributed by atoms with Crippen LogP contribution in [0, 0.1) is 0 Å². The van der Waals surface area contributed by atoms with E-state index in [1.54, 1.807) is 0 Å². The predicted octanol–water partition coefficient (Wildman–Crippen LogP) is 7.19. The van der Waals surface area contributed by atoms with Crippen LogP contribution in [0.1, 0.15) is 29.7 Å².